The van der Waals surface area contributed by atoms with Crippen LogP contribution in [-0.2, 0) is 0 Å². The van der Waals surface area contributed by atoms with Crippen molar-refractivity contribution in [2.45, 2.75) is 0 Å². The molecule has 0 aromatic carbocycles. The van der Waals surface area contributed by atoms with Gasteiger partial charge in [0, 0.05) is 15.7 Å². The molecule has 0 saturated carbocycles. The summed E-state index contributed by atoms with van der Waals surface area (Å²) in [5, 5.41) is 11.7. The molecule has 60 valence electrons. The smallest absolute Gasteiger partial charge is 0.255 e. The number of carbonyl (C=O) groups is 1. The first-order chi connectivity index (χ1) is 5.74. The number of aromatic nitrogens is 1. The van der Waals surface area contributed by atoms with Gasteiger partial charge in [0.1, 0.15) is 0 Å². The van der Waals surface area contributed by atoms with Gasteiger partial charge in [-0.1, -0.05) is 0 Å². The third-order valence-electron chi connectivity index (χ3n) is 1.17. The molecule has 0 saturated heterocycles. The summed E-state index contributed by atoms with van der Waals surface area (Å²) in [4.78, 5) is 13.2. The van der Waals surface area contributed by atoms with Gasteiger partial charge in [0.2, 0.25) is 12.4 Å². The molecule has 1 aromatic rings. The van der Waals surface area contributed by atoms with Gasteiger partial charge in [-0.3, -0.25) is 10.0 Å². The Morgan fingerprint density at radius 3 is 3.08 bits per heavy atom. The molecule has 1 amide bonds. The van der Waals surface area contributed by atoms with Crippen LogP contribution in [0.1, 0.15) is 10.4 Å². The van der Waals surface area contributed by atoms with Crippen molar-refractivity contribution < 1.29 is 14.7 Å². The number of pyridine rings is 1. The third kappa shape index (κ3) is 1.71. The molecule has 0 bridgehead atoms. The highest BCUT2D eigenvalue weighted by molar-refractivity contribution is 5.94. The second kappa shape index (κ2) is 3.36. The van der Waals surface area contributed by atoms with E-state index in [2.05, 4.69) is 10.0 Å². The van der Waals surface area contributed by atoms with Gasteiger partial charge >= 0.3 is 0 Å². The standard InChI is InChI=1S/C6H5N4O2/c7-9-8-6(11)5-2-1-3-10(12)4-5/h1-4,12H/q+1. The molecule has 1 heterocycles. The fraction of sp³-hybridized carbons (Fsp3) is 0. The Bertz CT molecular complexity index is 356. The van der Waals surface area contributed by atoms with Crippen molar-refractivity contribution in [1.82, 2.24) is 0 Å². The summed E-state index contributed by atoms with van der Waals surface area (Å²) in [6.07, 6.45) is 2.49. The third-order valence-corrected chi connectivity index (χ3v) is 1.17. The molecule has 0 fully saturated rings. The van der Waals surface area contributed by atoms with E-state index in [1.807, 2.05) is 0 Å². The molecule has 1 aromatic heterocycles. The second-order valence-electron chi connectivity index (χ2n) is 1.97. The van der Waals surface area contributed by atoms with Crippen molar-refractivity contribution in [2.24, 2.45) is 5.11 Å². The molecule has 1 rings (SSSR count). The molecule has 0 spiro atoms. The topological polar surface area (TPSA) is 89.9 Å². The van der Waals surface area contributed by atoms with Crippen molar-refractivity contribution in [3.8, 4) is 0 Å². The van der Waals surface area contributed by atoms with Gasteiger partial charge in [0.15, 0.2) is 0 Å². The van der Waals surface area contributed by atoms with Gasteiger partial charge in [-0.05, 0) is 16.7 Å². The number of nitrogens with zero attached hydrogens (tertiary/aromatic N) is 4. The average molecular weight is 165 g/mol. The lowest BCUT2D eigenvalue weighted by Gasteiger charge is -1.87. The van der Waals surface area contributed by atoms with Crippen molar-refractivity contribution >= 4 is 5.91 Å². The Kier molecular flexibility index (Phi) is 2.25. The largest absolute Gasteiger partial charge is 0.287 e. The minimum Gasteiger partial charge on any atom is -0.287 e. The zero-order valence-electron chi connectivity index (χ0n) is 5.95. The number of rotatable bonds is 1. The maximum atomic E-state index is 10.9. The summed E-state index contributed by atoms with van der Waals surface area (Å²) in [5.41, 5.74) is 8.07. The lowest BCUT2D eigenvalue weighted by atomic mass is 10.3. The van der Waals surface area contributed by atoms with Crippen LogP contribution >= 0.6 is 0 Å². The number of amides is 1. The summed E-state index contributed by atoms with van der Waals surface area (Å²) in [7, 11) is 0. The molecule has 0 aliphatic rings. The van der Waals surface area contributed by atoms with Gasteiger partial charge < -0.3 is 0 Å². The van der Waals surface area contributed by atoms with Crippen molar-refractivity contribution in [3.63, 3.8) is 0 Å². The molecule has 0 aliphatic carbocycles. The van der Waals surface area contributed by atoms with E-state index in [9.17, 15) is 4.79 Å². The monoisotopic (exact) mass is 165 g/mol. The Morgan fingerprint density at radius 1 is 1.75 bits per heavy atom. The van der Waals surface area contributed by atoms with Crippen LogP contribution in [0, 0.1) is 0 Å². The van der Waals surface area contributed by atoms with Crippen LogP contribution in [0.4, 0.5) is 0 Å². The van der Waals surface area contributed by atoms with Gasteiger partial charge in [-0.25, -0.2) is 0 Å². The first-order valence-electron chi connectivity index (χ1n) is 3.04. The van der Waals surface area contributed by atoms with E-state index in [1.165, 1.54) is 18.3 Å². The molecule has 0 atom stereocenters. The molecular formula is C6H5N4O2+. The maximum Gasteiger partial charge on any atom is 0.255 e. The number of hydrogen-bond donors (Lipinski definition) is 1. The van der Waals surface area contributed by atoms with Crippen molar-refractivity contribution in [2.75, 3.05) is 0 Å². The summed E-state index contributed by atoms with van der Waals surface area (Å²) >= 11 is 0. The molecule has 6 nitrogen and oxygen atoms in total. The first kappa shape index (κ1) is 8.03. The van der Waals surface area contributed by atoms with Gasteiger partial charge in [-0.15, -0.1) is 0 Å². The van der Waals surface area contributed by atoms with Crippen LogP contribution < -0.4 is 4.73 Å². The summed E-state index contributed by atoms with van der Waals surface area (Å²) in [6, 6.07) is 2.89. The molecule has 0 unspecified atom stereocenters. The molecular weight excluding hydrogens is 160 g/mol. The normalized spacial score (nSPS) is 8.67. The van der Waals surface area contributed by atoms with E-state index in [-0.39, 0.29) is 5.56 Å². The highest BCUT2D eigenvalue weighted by Gasteiger charge is 2.07. The van der Waals surface area contributed by atoms with E-state index in [0.717, 1.165) is 6.20 Å². The van der Waals surface area contributed by atoms with E-state index in [4.69, 9.17) is 10.7 Å². The average Bonchev–Trinajstić information content (AvgIpc) is 2.05. The number of hydrogen-bond acceptors (Lipinski definition) is 2. The second-order valence-corrected chi connectivity index (χ2v) is 1.97. The van der Waals surface area contributed by atoms with Crippen molar-refractivity contribution in [1.29, 1.82) is 0 Å². The van der Waals surface area contributed by atoms with Gasteiger partial charge in [0.05, 0.1) is 5.56 Å². The van der Waals surface area contributed by atoms with Crippen LogP contribution in [0.25, 0.3) is 10.4 Å². The highest BCUT2D eigenvalue weighted by Crippen LogP contribution is 1.96. The van der Waals surface area contributed by atoms with E-state index < -0.39 is 5.91 Å². The summed E-state index contributed by atoms with van der Waals surface area (Å²) in [6.45, 7) is 0. The van der Waals surface area contributed by atoms with E-state index >= 15 is 0 Å². The molecule has 6 heteroatoms. The quantitative estimate of drug-likeness (QED) is 0.218. The van der Waals surface area contributed by atoms with Crippen LogP contribution in [-0.4, -0.2) is 11.1 Å². The maximum absolute atomic E-state index is 10.9. The lowest BCUT2D eigenvalue weighted by Crippen LogP contribution is -2.29. The Morgan fingerprint density at radius 2 is 2.50 bits per heavy atom. The summed E-state index contributed by atoms with van der Waals surface area (Å²) < 4.78 is 0.708. The lowest BCUT2D eigenvalue weighted by molar-refractivity contribution is -0.904. The van der Waals surface area contributed by atoms with E-state index in [1.54, 1.807) is 0 Å². The highest BCUT2D eigenvalue weighted by atomic mass is 16.5. The Balaban J connectivity index is 3.03. The number of azide groups is 1. The zero-order valence-corrected chi connectivity index (χ0v) is 5.95. The van der Waals surface area contributed by atoms with Crippen LogP contribution in [0.5, 0.6) is 0 Å². The van der Waals surface area contributed by atoms with Gasteiger partial charge in [-0.2, -0.15) is 0 Å². The SMILES string of the molecule is [N-]=[N+]=NC(=O)c1ccc[n+](O)c1. The Labute approximate surface area is 67.3 Å². The van der Waals surface area contributed by atoms with Crippen LogP contribution in [0.2, 0.25) is 0 Å². The molecule has 1 N–H and O–H groups in total. The zero-order chi connectivity index (χ0) is 8.97. The predicted molar refractivity (Wildman–Crippen MR) is 37.3 cm³/mol. The predicted octanol–water partition coefficient (Wildman–Crippen LogP) is 0.662. The minimum atomic E-state index is -0.721. The van der Waals surface area contributed by atoms with Crippen LogP contribution in [0.15, 0.2) is 29.6 Å². The Hall–Kier alpha value is -2.07. The first-order valence-corrected chi connectivity index (χ1v) is 3.04. The minimum absolute atomic E-state index is 0.137. The molecule has 12 heavy (non-hydrogen) atoms. The summed E-state index contributed by atoms with van der Waals surface area (Å²) in [5.74, 6) is -0.721. The fourth-order valence-corrected chi connectivity index (χ4v) is 0.688. The van der Waals surface area contributed by atoms with Crippen LogP contribution in [0.3, 0.4) is 0 Å². The fourth-order valence-electron chi connectivity index (χ4n) is 0.688. The molecule has 0 aliphatic heterocycles. The van der Waals surface area contributed by atoms with Crippen molar-refractivity contribution in [3.05, 3.63) is 40.5 Å². The molecule has 0 radical (unpaired) electrons. The van der Waals surface area contributed by atoms with E-state index in [0.29, 0.717) is 4.73 Å². The van der Waals surface area contributed by atoms with Gasteiger partial charge in [0.25, 0.3) is 5.91 Å². The number of carbonyl (C=O) groups excluding carboxylic acids is 1.